The van der Waals surface area contributed by atoms with Crippen molar-refractivity contribution in [2.45, 2.75) is 89.8 Å². The molecule has 1 heterocycles. The molecule has 1 saturated heterocycles. The van der Waals surface area contributed by atoms with Gasteiger partial charge in [0, 0.05) is 30.7 Å². The predicted octanol–water partition coefficient (Wildman–Crippen LogP) is 3.56. The summed E-state index contributed by atoms with van der Waals surface area (Å²) in [7, 11) is 0. The van der Waals surface area contributed by atoms with Gasteiger partial charge in [-0.2, -0.15) is 0 Å². The Morgan fingerprint density at radius 2 is 1.83 bits per heavy atom. The standard InChI is InChI=1S/C16H32N2/c1-4-9-14-12-18(15(5-2)6-3)16(13-17-14)10-7-8-11-16/h14-15,17H,4-13H2,1-3H3. The zero-order valence-electron chi connectivity index (χ0n) is 12.7. The van der Waals surface area contributed by atoms with Crippen LogP contribution in [0.25, 0.3) is 0 Å². The maximum absolute atomic E-state index is 3.84. The smallest absolute Gasteiger partial charge is 0.0337 e. The second-order valence-corrected chi connectivity index (χ2v) is 6.42. The van der Waals surface area contributed by atoms with Crippen molar-refractivity contribution in [1.82, 2.24) is 10.2 Å². The molecule has 1 aliphatic heterocycles. The predicted molar refractivity (Wildman–Crippen MR) is 79.0 cm³/mol. The van der Waals surface area contributed by atoms with Gasteiger partial charge in [-0.1, -0.05) is 40.0 Å². The number of nitrogens with one attached hydrogen (secondary N) is 1. The van der Waals surface area contributed by atoms with E-state index in [0.29, 0.717) is 5.54 Å². The van der Waals surface area contributed by atoms with E-state index in [2.05, 4.69) is 31.0 Å². The first kappa shape index (κ1) is 14.3. The first-order valence-electron chi connectivity index (χ1n) is 8.26. The molecule has 2 heteroatoms. The van der Waals surface area contributed by atoms with Gasteiger partial charge in [0.1, 0.15) is 0 Å². The van der Waals surface area contributed by atoms with Crippen LogP contribution in [-0.2, 0) is 0 Å². The van der Waals surface area contributed by atoms with Crippen molar-refractivity contribution in [2.24, 2.45) is 0 Å². The molecule has 1 atom stereocenters. The van der Waals surface area contributed by atoms with Crippen LogP contribution in [0.5, 0.6) is 0 Å². The lowest BCUT2D eigenvalue weighted by molar-refractivity contribution is 0.000472. The molecule has 0 radical (unpaired) electrons. The number of hydrogen-bond acceptors (Lipinski definition) is 2. The van der Waals surface area contributed by atoms with E-state index >= 15 is 0 Å². The molecule has 1 spiro atoms. The fourth-order valence-corrected chi connectivity index (χ4v) is 4.24. The molecule has 1 saturated carbocycles. The number of nitrogens with zero attached hydrogens (tertiary/aromatic N) is 1. The summed E-state index contributed by atoms with van der Waals surface area (Å²) in [6.45, 7) is 9.58. The van der Waals surface area contributed by atoms with E-state index in [0.717, 1.165) is 12.1 Å². The molecule has 1 unspecified atom stereocenters. The highest BCUT2D eigenvalue weighted by atomic mass is 15.3. The van der Waals surface area contributed by atoms with E-state index in [1.807, 2.05) is 0 Å². The molecule has 2 rings (SSSR count). The molecular formula is C16H32N2. The van der Waals surface area contributed by atoms with E-state index in [-0.39, 0.29) is 0 Å². The monoisotopic (exact) mass is 252 g/mol. The summed E-state index contributed by atoms with van der Waals surface area (Å²) in [4.78, 5) is 2.91. The van der Waals surface area contributed by atoms with E-state index in [1.54, 1.807) is 0 Å². The SMILES string of the molecule is CCCC1CN(C(CC)CC)C2(CCCC2)CN1. The van der Waals surface area contributed by atoms with Gasteiger partial charge in [0.05, 0.1) is 0 Å². The maximum atomic E-state index is 3.84. The topological polar surface area (TPSA) is 15.3 Å². The Hall–Kier alpha value is -0.0800. The van der Waals surface area contributed by atoms with E-state index in [9.17, 15) is 0 Å². The summed E-state index contributed by atoms with van der Waals surface area (Å²) in [6.07, 6.45) is 11.0. The van der Waals surface area contributed by atoms with Gasteiger partial charge >= 0.3 is 0 Å². The van der Waals surface area contributed by atoms with E-state index < -0.39 is 0 Å². The van der Waals surface area contributed by atoms with Crippen LogP contribution in [0, 0.1) is 0 Å². The van der Waals surface area contributed by atoms with Gasteiger partial charge in [0.25, 0.3) is 0 Å². The lowest BCUT2D eigenvalue weighted by Crippen LogP contribution is -2.65. The number of rotatable bonds is 5. The van der Waals surface area contributed by atoms with Crippen LogP contribution < -0.4 is 5.32 Å². The van der Waals surface area contributed by atoms with Crippen LogP contribution in [-0.4, -0.2) is 35.6 Å². The third-order valence-corrected chi connectivity index (χ3v) is 5.30. The van der Waals surface area contributed by atoms with Crippen molar-refractivity contribution in [1.29, 1.82) is 0 Å². The average Bonchev–Trinajstić information content (AvgIpc) is 2.84. The minimum absolute atomic E-state index is 0.515. The van der Waals surface area contributed by atoms with Crippen LogP contribution >= 0.6 is 0 Å². The highest BCUT2D eigenvalue weighted by Crippen LogP contribution is 2.39. The van der Waals surface area contributed by atoms with Crippen molar-refractivity contribution in [3.05, 3.63) is 0 Å². The Kier molecular flexibility index (Phi) is 5.08. The van der Waals surface area contributed by atoms with E-state index in [4.69, 9.17) is 0 Å². The highest BCUT2D eigenvalue weighted by molar-refractivity contribution is 5.03. The van der Waals surface area contributed by atoms with Gasteiger partial charge in [-0.25, -0.2) is 0 Å². The maximum Gasteiger partial charge on any atom is 0.0337 e. The fourth-order valence-electron chi connectivity index (χ4n) is 4.24. The molecule has 1 N–H and O–H groups in total. The van der Waals surface area contributed by atoms with Gasteiger partial charge in [-0.15, -0.1) is 0 Å². The Morgan fingerprint density at radius 3 is 2.39 bits per heavy atom. The Bertz CT molecular complexity index is 241. The van der Waals surface area contributed by atoms with Gasteiger partial charge < -0.3 is 5.32 Å². The van der Waals surface area contributed by atoms with Crippen LogP contribution in [0.4, 0.5) is 0 Å². The quantitative estimate of drug-likeness (QED) is 0.805. The summed E-state index contributed by atoms with van der Waals surface area (Å²) in [5.41, 5.74) is 0.515. The lowest BCUT2D eigenvalue weighted by atomic mass is 9.87. The molecular weight excluding hydrogens is 220 g/mol. The largest absolute Gasteiger partial charge is 0.311 e. The van der Waals surface area contributed by atoms with Gasteiger partial charge in [0.15, 0.2) is 0 Å². The van der Waals surface area contributed by atoms with Gasteiger partial charge in [-0.05, 0) is 32.1 Å². The van der Waals surface area contributed by atoms with Crippen molar-refractivity contribution in [3.8, 4) is 0 Å². The average molecular weight is 252 g/mol. The van der Waals surface area contributed by atoms with Crippen molar-refractivity contribution in [2.75, 3.05) is 13.1 Å². The summed E-state index contributed by atoms with van der Waals surface area (Å²) < 4.78 is 0. The second-order valence-electron chi connectivity index (χ2n) is 6.42. The summed E-state index contributed by atoms with van der Waals surface area (Å²) in [5, 5.41) is 3.84. The molecule has 0 aromatic rings. The molecule has 106 valence electrons. The van der Waals surface area contributed by atoms with Crippen molar-refractivity contribution < 1.29 is 0 Å². The minimum atomic E-state index is 0.515. The molecule has 0 amide bonds. The Balaban J connectivity index is 2.10. The van der Waals surface area contributed by atoms with E-state index in [1.165, 1.54) is 64.5 Å². The third-order valence-electron chi connectivity index (χ3n) is 5.30. The molecule has 2 aliphatic rings. The zero-order chi connectivity index (χ0) is 13.0. The van der Waals surface area contributed by atoms with Crippen LogP contribution in [0.2, 0.25) is 0 Å². The van der Waals surface area contributed by atoms with Crippen LogP contribution in [0.15, 0.2) is 0 Å². The molecule has 2 nitrogen and oxygen atoms in total. The third kappa shape index (κ3) is 2.75. The molecule has 0 bridgehead atoms. The first-order valence-corrected chi connectivity index (χ1v) is 8.26. The van der Waals surface area contributed by atoms with Crippen molar-refractivity contribution >= 4 is 0 Å². The molecule has 18 heavy (non-hydrogen) atoms. The van der Waals surface area contributed by atoms with Crippen molar-refractivity contribution in [3.63, 3.8) is 0 Å². The lowest BCUT2D eigenvalue weighted by Gasteiger charge is -2.52. The Morgan fingerprint density at radius 1 is 1.17 bits per heavy atom. The number of hydrogen-bond donors (Lipinski definition) is 1. The highest BCUT2D eigenvalue weighted by Gasteiger charge is 2.45. The Labute approximate surface area is 114 Å². The molecule has 0 aromatic heterocycles. The number of piperazine rings is 1. The molecule has 2 fully saturated rings. The van der Waals surface area contributed by atoms with Crippen LogP contribution in [0.3, 0.4) is 0 Å². The minimum Gasteiger partial charge on any atom is -0.311 e. The summed E-state index contributed by atoms with van der Waals surface area (Å²) in [5.74, 6) is 0. The first-order chi connectivity index (χ1) is 8.75. The van der Waals surface area contributed by atoms with Gasteiger partial charge in [0.2, 0.25) is 0 Å². The summed E-state index contributed by atoms with van der Waals surface area (Å²) in [6, 6.07) is 1.55. The molecule has 1 aliphatic carbocycles. The molecule has 0 aromatic carbocycles. The second kappa shape index (κ2) is 6.38. The normalized spacial score (nSPS) is 28.3. The summed E-state index contributed by atoms with van der Waals surface area (Å²) >= 11 is 0. The zero-order valence-corrected chi connectivity index (χ0v) is 12.7. The fraction of sp³-hybridized carbons (Fsp3) is 1.00. The van der Waals surface area contributed by atoms with Crippen LogP contribution in [0.1, 0.15) is 72.1 Å². The van der Waals surface area contributed by atoms with Gasteiger partial charge in [-0.3, -0.25) is 4.90 Å².